The number of aliphatic hydroxyl groups excluding tert-OH is 6. The summed E-state index contributed by atoms with van der Waals surface area (Å²) in [5.74, 6) is 0.406. The van der Waals surface area contributed by atoms with E-state index < -0.39 is 123 Å². The van der Waals surface area contributed by atoms with Gasteiger partial charge in [-0.3, -0.25) is 37.5 Å². The van der Waals surface area contributed by atoms with Gasteiger partial charge in [0, 0.05) is 50.1 Å². The Balaban J connectivity index is 0.000000273. The Morgan fingerprint density at radius 1 is 0.241 bits per heavy atom. The van der Waals surface area contributed by atoms with Gasteiger partial charge in [-0.1, -0.05) is 261 Å². The maximum absolute atomic E-state index is 17.2. The van der Waals surface area contributed by atoms with Crippen molar-refractivity contribution in [3.05, 3.63) is 345 Å². The van der Waals surface area contributed by atoms with E-state index in [1.165, 1.54) is 9.80 Å². The van der Waals surface area contributed by atoms with Crippen molar-refractivity contribution in [2.45, 2.75) is 6.16 Å². The zero-order valence-electron chi connectivity index (χ0n) is 75.0. The summed E-state index contributed by atoms with van der Waals surface area (Å²) in [6.45, 7) is -3.61. The highest BCUT2D eigenvalue weighted by atomic mass is 31.2. The monoisotopic (exact) mass is 2010 g/mol. The Kier molecular flexibility index (Phi) is 25.5. The zero-order chi connectivity index (χ0) is 96.9. The summed E-state index contributed by atoms with van der Waals surface area (Å²) in [6.07, 6.45) is -3.07. The van der Waals surface area contributed by atoms with E-state index in [1.807, 2.05) is 224 Å². The van der Waals surface area contributed by atoms with Crippen molar-refractivity contribution in [2.75, 3.05) is 107 Å². The number of fused-ring (bicyclic) bond motifs is 21. The fraction of sp³-hybridized carbons (Fsp3) is 0.126. The lowest BCUT2D eigenvalue weighted by Gasteiger charge is -2.38. The topological polar surface area (TPSA) is 397 Å². The van der Waals surface area contributed by atoms with Gasteiger partial charge >= 0.3 is 7.65 Å². The van der Waals surface area contributed by atoms with Gasteiger partial charge in [0.1, 0.15) is 108 Å². The highest BCUT2D eigenvalue weighted by Gasteiger charge is 2.50. The van der Waals surface area contributed by atoms with E-state index in [9.17, 15) is 4.57 Å². The second-order valence-electron chi connectivity index (χ2n) is 33.9. The van der Waals surface area contributed by atoms with E-state index in [4.69, 9.17) is 72.4 Å². The molecule has 7 atom stereocenters. The summed E-state index contributed by atoms with van der Waals surface area (Å²) >= 11 is 0. The fourth-order valence-corrected chi connectivity index (χ4v) is 34.8. The van der Waals surface area contributed by atoms with Crippen molar-refractivity contribution < 1.29 is 89.4 Å². The molecule has 141 heavy (non-hydrogen) atoms. The Hall–Kier alpha value is -14.1. The van der Waals surface area contributed by atoms with Gasteiger partial charge in [-0.15, -0.1) is 0 Å². The van der Waals surface area contributed by atoms with E-state index in [-0.39, 0.29) is 48.1 Å². The third-order valence-electron chi connectivity index (χ3n) is 25.1. The average molecular weight is 2010 g/mol. The quantitative estimate of drug-likeness (QED) is 0.0186. The molecule has 38 heteroatoms. The third kappa shape index (κ3) is 17.6. The summed E-state index contributed by atoms with van der Waals surface area (Å²) in [7, 11) is -27.2. The van der Waals surface area contributed by atoms with Crippen molar-refractivity contribution in [2.24, 2.45) is 0 Å². The predicted molar refractivity (Wildman–Crippen MR) is 549 cm³/mol. The normalized spacial score (nSPS) is 19.1. The van der Waals surface area contributed by atoms with E-state index >= 15 is 27.4 Å². The van der Waals surface area contributed by atoms with Gasteiger partial charge in [0.05, 0.1) is 32.8 Å². The zero-order valence-corrected chi connectivity index (χ0v) is 81.3. The van der Waals surface area contributed by atoms with Crippen LogP contribution in [0.5, 0.6) is 28.7 Å². The fourth-order valence-electron chi connectivity index (χ4n) is 18.6. The summed E-state index contributed by atoms with van der Waals surface area (Å²) in [4.78, 5) is 35.7. The van der Waals surface area contributed by atoms with Crippen molar-refractivity contribution in [3.8, 4) is 95.5 Å². The maximum atomic E-state index is 17.2. The second-order valence-corrected chi connectivity index (χ2v) is 49.4. The van der Waals surface area contributed by atoms with E-state index in [1.54, 1.807) is 120 Å². The molecule has 0 amide bonds. The molecule has 3 aromatic heterocycles. The molecule has 0 bridgehead atoms. The molecular weight excluding hydrogens is 1930 g/mol. The Morgan fingerprint density at radius 3 is 0.780 bits per heavy atom. The van der Waals surface area contributed by atoms with Crippen LogP contribution in [0.25, 0.3) is 88.2 Å². The molecule has 31 nitrogen and oxygen atoms in total. The van der Waals surface area contributed by atoms with Gasteiger partial charge in [0.15, 0.2) is 5.58 Å². The number of para-hydroxylation sites is 6. The van der Waals surface area contributed by atoms with Crippen LogP contribution in [0, 0.1) is 0 Å². The smallest absolute Gasteiger partial charge is 0.438 e. The minimum atomic E-state index is -4.33. The first-order valence-corrected chi connectivity index (χ1v) is 57.1. The molecule has 0 fully saturated rings. The van der Waals surface area contributed by atoms with Crippen LogP contribution in [-0.4, -0.2) is 139 Å². The molecule has 708 valence electrons. The van der Waals surface area contributed by atoms with Gasteiger partial charge in [-0.25, -0.2) is 4.20 Å². The molecule has 6 aliphatic rings. The summed E-state index contributed by atoms with van der Waals surface area (Å²) in [5.41, 5.74) is 9.98. The molecule has 17 aromatic rings. The predicted octanol–water partition coefficient (Wildman–Crippen LogP) is 18.5. The molecule has 9 heterocycles. The molecule has 7 unspecified atom stereocenters. The molecule has 0 spiro atoms. The van der Waals surface area contributed by atoms with Crippen LogP contribution in [0.15, 0.2) is 344 Å². The summed E-state index contributed by atoms with van der Waals surface area (Å²) < 4.78 is 154. The molecule has 0 radical (unpaired) electrons. The largest absolute Gasteiger partial charge is 0.597 e. The van der Waals surface area contributed by atoms with Gasteiger partial charge in [-0.05, 0) is 128 Å². The van der Waals surface area contributed by atoms with E-state index in [0.717, 1.165) is 47.3 Å². The summed E-state index contributed by atoms with van der Waals surface area (Å²) in [6, 6.07) is 104. The number of aliphatic hydroxyl groups is 6. The van der Waals surface area contributed by atoms with Gasteiger partial charge in [0.25, 0.3) is 36.8 Å². The maximum Gasteiger partial charge on any atom is 0.597 e. The number of hydrogen-bond acceptors (Lipinski definition) is 31. The lowest BCUT2D eigenvalue weighted by Crippen LogP contribution is -2.39. The highest BCUT2D eigenvalue weighted by molar-refractivity contribution is 7.72. The van der Waals surface area contributed by atoms with Crippen LogP contribution in [0.4, 0.5) is 35.7 Å². The number of nitrogens with zero attached hydrogens (tertiary/aromatic N) is 12. The van der Waals surface area contributed by atoms with Crippen LogP contribution < -0.4 is 83.8 Å². The summed E-state index contributed by atoms with van der Waals surface area (Å²) in [5, 5.41) is 59.9. The van der Waals surface area contributed by atoms with Crippen LogP contribution in [-0.2, 0) is 38.1 Å². The number of rotatable bonds is 24. The van der Waals surface area contributed by atoms with Crippen LogP contribution in [0.2, 0.25) is 0 Å². The van der Waals surface area contributed by atoms with Crippen molar-refractivity contribution in [1.29, 1.82) is 0 Å². The number of aromatic nitrogens is 6. The minimum absolute atomic E-state index is 0.0654. The molecular formula is C103H88N12O19P7+. The Bertz CT molecular complexity index is 7160. The van der Waals surface area contributed by atoms with Gasteiger partial charge < -0.3 is 72.5 Å². The van der Waals surface area contributed by atoms with E-state index in [0.29, 0.717) is 122 Å². The minimum Gasteiger partial charge on any atom is -0.438 e. The third-order valence-corrected chi connectivity index (χ3v) is 40.8. The Morgan fingerprint density at radius 2 is 0.468 bits per heavy atom. The standard InChI is InChI=1S/C82H62N6O11P6.C12H8O2P.C9H18N6O6/c89-100(49-56-25-1-2-26-57(56)63-32-8-19-43-74(63)100)50-86(51-101(90)75-44-20-9-33-64(75)58-27-3-14-38-69(58)95-101)80-83-81(87(52-102(91)76-45-21-10-34-65(76)59-28-4-15-39-70(59)96-102)53-103(92)77-46-22-11-35-66(77)60-29-5-16-40-71(60)97-103)85-82(84-80)88(54-104(93)78-47-23-12-36-67(78)61-30-6-17-41-72(61)98-104)55-105(94)79-48-24-13-37-68(79)62-31-7-18-42-73(62)99-105;13-15-12-8-4-2-6-10(12)9-5-1-3-7-11(9)14-15;16-1-13(2-17)7-10-8(14(3-18)4-19)12-9(11-7)15(5-20)6-21/h1-48H,49-55H2;1-8H;16-21H,1-6H2/q;+1;. The van der Waals surface area contributed by atoms with Gasteiger partial charge in [0.2, 0.25) is 40.8 Å². The first kappa shape index (κ1) is 93.2. The van der Waals surface area contributed by atoms with Gasteiger partial charge in [-0.2, -0.15) is 29.9 Å². The molecule has 14 aromatic carbocycles. The molecule has 0 saturated heterocycles. The highest BCUT2D eigenvalue weighted by Crippen LogP contribution is 2.65. The first-order chi connectivity index (χ1) is 68.6. The average Bonchev–Trinajstić information content (AvgIpc) is 0.729. The molecule has 6 aliphatic heterocycles. The van der Waals surface area contributed by atoms with Crippen molar-refractivity contribution >= 4 is 141 Å². The Labute approximate surface area is 809 Å². The molecule has 6 N–H and O–H groups in total. The lowest BCUT2D eigenvalue weighted by atomic mass is 10.0. The van der Waals surface area contributed by atoms with Crippen LogP contribution in [0.3, 0.4) is 0 Å². The lowest BCUT2D eigenvalue weighted by molar-refractivity contribution is 0.214. The van der Waals surface area contributed by atoms with E-state index in [2.05, 4.69) is 15.0 Å². The van der Waals surface area contributed by atoms with Crippen molar-refractivity contribution in [3.63, 3.8) is 0 Å². The number of anilines is 6. The SMILES string of the molecule is O=P1(CN(CP2(=O)Oc3ccccc3-c3ccccc32)c2nc(N(CP3(=O)Oc4ccccc4-c4ccccc43)CP3(=O)Oc4ccccc4-c4ccccc43)nc(N(CP3(=O)Oc4ccccc4-c4ccccc43)CP3(=O)Oc4ccccc4-c4ccccc43)n2)Cc2ccccc2-c2ccccc21.O=[p+]1oc2ccccc2c2ccccc21.OCN(CO)c1nc(N(CO)CO)nc(N(CO)CO)n1. The van der Waals surface area contributed by atoms with Crippen LogP contribution >= 0.6 is 51.6 Å². The first-order valence-electron chi connectivity index (χ1n) is 44.8. The second kappa shape index (κ2) is 38.5. The molecule has 0 saturated carbocycles. The number of benzene rings is 14. The van der Waals surface area contributed by atoms with Crippen molar-refractivity contribution in [1.82, 2.24) is 29.9 Å². The van der Waals surface area contributed by atoms with Crippen LogP contribution in [0.1, 0.15) is 5.56 Å². The molecule has 23 rings (SSSR count). The number of hydrogen-bond donors (Lipinski definition) is 6. The molecule has 0 aliphatic carbocycles.